The van der Waals surface area contributed by atoms with Crippen LogP contribution < -0.4 is 0 Å². The van der Waals surface area contributed by atoms with Crippen molar-refractivity contribution in [3.05, 3.63) is 85.1 Å². The van der Waals surface area contributed by atoms with Gasteiger partial charge in [0.05, 0.1) is 25.9 Å². The molecule has 0 aromatic carbocycles. The Morgan fingerprint density at radius 1 is 0.567 bits per heavy atom. The van der Waals surface area contributed by atoms with E-state index in [4.69, 9.17) is 23.8 Å². The summed E-state index contributed by atoms with van der Waals surface area (Å²) in [5, 5.41) is 19.9. The van der Waals surface area contributed by atoms with Crippen LogP contribution in [-0.2, 0) is 41.8 Å². The molecule has 16 heteroatoms. The Balaban J connectivity index is 4.74. The fourth-order valence-electron chi connectivity index (χ4n) is 5.08. The standard InChI is InChI=1S/C44H74O14P2/c1-3-5-7-9-11-13-14-15-16-17-18-20-22-26-31-35-44(48)58-42(39-57-60(52,53)56-37-41(46)36-55-59(49,50)51)38-54-43(47)34-30-27-23-25-29-33-40(45)32-28-24-21-19-12-10-8-6-4-2/h5,7,11-13,15-16,19,23-25,28-29,33,40-42,45-46H,3-4,6,8-10,14,17-18,20-22,26-27,30-32,34-39H2,1-2H3,(H,52,53)(H2,49,50,51)/b7-5-,13-11-,16-15-,19-12-,25-23+,28-24-,33-29-/t40?,41-,42+/m0/s1. The highest BCUT2D eigenvalue weighted by Crippen LogP contribution is 2.43. The Bertz CT molecular complexity index is 1400. The fraction of sp³-hybridized carbons (Fsp3) is 0.636. The third-order valence-electron chi connectivity index (χ3n) is 8.34. The summed E-state index contributed by atoms with van der Waals surface area (Å²) >= 11 is 0. The van der Waals surface area contributed by atoms with Crippen LogP contribution in [0.2, 0.25) is 0 Å². The van der Waals surface area contributed by atoms with E-state index in [1.807, 2.05) is 18.2 Å². The van der Waals surface area contributed by atoms with Gasteiger partial charge in [0, 0.05) is 12.8 Å². The minimum absolute atomic E-state index is 0.0516. The minimum atomic E-state index is -4.88. The monoisotopic (exact) mass is 888 g/mol. The zero-order valence-electron chi connectivity index (χ0n) is 35.9. The van der Waals surface area contributed by atoms with Crippen LogP contribution in [0.1, 0.15) is 136 Å². The van der Waals surface area contributed by atoms with Gasteiger partial charge in [-0.3, -0.25) is 23.2 Å². The van der Waals surface area contributed by atoms with Gasteiger partial charge >= 0.3 is 27.6 Å². The summed E-state index contributed by atoms with van der Waals surface area (Å²) in [6.45, 7) is 1.41. The van der Waals surface area contributed by atoms with E-state index in [-0.39, 0.29) is 12.8 Å². The summed E-state index contributed by atoms with van der Waals surface area (Å²) in [6.07, 6.45) is 40.3. The second-order valence-electron chi connectivity index (χ2n) is 14.1. The smallest absolute Gasteiger partial charge is 0.462 e. The summed E-state index contributed by atoms with van der Waals surface area (Å²) in [5.41, 5.74) is 0. The average Bonchev–Trinajstić information content (AvgIpc) is 3.20. The van der Waals surface area contributed by atoms with E-state index in [9.17, 15) is 33.8 Å². The number of aliphatic hydroxyl groups is 2. The molecule has 0 amide bonds. The first-order valence-corrected chi connectivity index (χ1v) is 24.4. The maximum atomic E-state index is 12.6. The van der Waals surface area contributed by atoms with E-state index in [0.29, 0.717) is 25.7 Å². The summed E-state index contributed by atoms with van der Waals surface area (Å²) in [4.78, 5) is 52.6. The van der Waals surface area contributed by atoms with Gasteiger partial charge in [-0.2, -0.15) is 0 Å². The minimum Gasteiger partial charge on any atom is -0.462 e. The number of aliphatic hydroxyl groups excluding tert-OH is 2. The zero-order chi connectivity index (χ0) is 44.6. The number of carbonyl (C=O) groups is 2. The van der Waals surface area contributed by atoms with E-state index in [0.717, 1.165) is 64.2 Å². The molecule has 0 aliphatic heterocycles. The van der Waals surface area contributed by atoms with Gasteiger partial charge in [0.25, 0.3) is 0 Å². The van der Waals surface area contributed by atoms with Crippen molar-refractivity contribution < 1.29 is 66.7 Å². The molecule has 14 nitrogen and oxygen atoms in total. The Morgan fingerprint density at radius 2 is 1.12 bits per heavy atom. The van der Waals surface area contributed by atoms with Crippen molar-refractivity contribution in [3.8, 4) is 0 Å². The van der Waals surface area contributed by atoms with Crippen molar-refractivity contribution >= 4 is 27.6 Å². The number of esters is 2. The zero-order valence-corrected chi connectivity index (χ0v) is 37.7. The fourth-order valence-corrected chi connectivity index (χ4v) is 6.24. The first-order chi connectivity index (χ1) is 28.8. The lowest BCUT2D eigenvalue weighted by Gasteiger charge is -2.20. The highest BCUT2D eigenvalue weighted by Gasteiger charge is 2.28. The van der Waals surface area contributed by atoms with Gasteiger partial charge in [0.2, 0.25) is 0 Å². The van der Waals surface area contributed by atoms with Crippen molar-refractivity contribution in [3.63, 3.8) is 0 Å². The molecule has 5 N–H and O–H groups in total. The molecule has 0 heterocycles. The SMILES string of the molecule is CC/C=C\C/C=C\C/C=C\CCCCCCCC(=O)O[C@H](COC(=O)CCC/C=C/C=C\C(O)C/C=C\C/C=C\CCCCC)COP(=O)(O)OC[C@@H](O)COP(=O)(O)O. The lowest BCUT2D eigenvalue weighted by Crippen LogP contribution is -2.30. The Morgan fingerprint density at radius 3 is 1.78 bits per heavy atom. The van der Waals surface area contributed by atoms with E-state index in [2.05, 4.69) is 71.5 Å². The van der Waals surface area contributed by atoms with Gasteiger partial charge in [0.1, 0.15) is 12.7 Å². The van der Waals surface area contributed by atoms with E-state index in [1.165, 1.54) is 19.3 Å². The number of phosphoric acid groups is 2. The topological polar surface area (TPSA) is 216 Å². The number of hydrogen-bond acceptors (Lipinski definition) is 11. The molecule has 0 bridgehead atoms. The van der Waals surface area contributed by atoms with Gasteiger partial charge in [0.15, 0.2) is 6.10 Å². The van der Waals surface area contributed by atoms with Crippen molar-refractivity contribution in [2.45, 2.75) is 154 Å². The average molecular weight is 889 g/mol. The number of allylic oxidation sites excluding steroid dienone is 12. The molecule has 0 aromatic rings. The number of hydrogen-bond donors (Lipinski definition) is 5. The second-order valence-corrected chi connectivity index (χ2v) is 16.8. The van der Waals surface area contributed by atoms with Crippen molar-refractivity contribution in [1.82, 2.24) is 0 Å². The van der Waals surface area contributed by atoms with Crippen LogP contribution in [0.15, 0.2) is 85.1 Å². The quantitative estimate of drug-likeness (QED) is 0.0128. The molecule has 2 unspecified atom stereocenters. The third kappa shape index (κ3) is 42.0. The highest BCUT2D eigenvalue weighted by atomic mass is 31.2. The van der Waals surface area contributed by atoms with Crippen LogP contribution in [0.4, 0.5) is 0 Å². The van der Waals surface area contributed by atoms with Crippen LogP contribution in [-0.4, -0.2) is 81.6 Å². The first-order valence-electron chi connectivity index (χ1n) is 21.4. The number of rotatable bonds is 39. The highest BCUT2D eigenvalue weighted by molar-refractivity contribution is 7.47. The molecule has 0 rings (SSSR count). The predicted molar refractivity (Wildman–Crippen MR) is 236 cm³/mol. The van der Waals surface area contributed by atoms with Crippen LogP contribution in [0.25, 0.3) is 0 Å². The molecule has 0 spiro atoms. The summed E-state index contributed by atoms with van der Waals surface area (Å²) in [6, 6.07) is 0. The van der Waals surface area contributed by atoms with Gasteiger partial charge in [-0.1, -0.05) is 131 Å². The lowest BCUT2D eigenvalue weighted by atomic mass is 10.1. The van der Waals surface area contributed by atoms with Crippen LogP contribution in [0.5, 0.6) is 0 Å². The van der Waals surface area contributed by atoms with Crippen molar-refractivity contribution in [2.24, 2.45) is 0 Å². The summed E-state index contributed by atoms with van der Waals surface area (Å²) in [5.74, 6) is -1.19. The normalized spacial score (nSPS) is 15.4. The van der Waals surface area contributed by atoms with Crippen LogP contribution in [0, 0.1) is 0 Å². The third-order valence-corrected chi connectivity index (χ3v) is 9.77. The molecule has 0 aromatic heterocycles. The molecule has 4 atom stereocenters. The molecular weight excluding hydrogens is 814 g/mol. The van der Waals surface area contributed by atoms with E-state index in [1.54, 1.807) is 18.2 Å². The molecule has 0 radical (unpaired) electrons. The van der Waals surface area contributed by atoms with E-state index >= 15 is 0 Å². The number of ether oxygens (including phenoxy) is 2. The summed E-state index contributed by atoms with van der Waals surface area (Å²) < 4.78 is 47.6. The molecule has 0 saturated heterocycles. The molecule has 344 valence electrons. The molecule has 0 saturated carbocycles. The number of phosphoric ester groups is 2. The maximum Gasteiger partial charge on any atom is 0.472 e. The van der Waals surface area contributed by atoms with Gasteiger partial charge in [-0.05, 0) is 77.0 Å². The Labute approximate surface area is 359 Å². The second kappa shape index (κ2) is 39.1. The van der Waals surface area contributed by atoms with Crippen LogP contribution in [0.3, 0.4) is 0 Å². The van der Waals surface area contributed by atoms with Crippen LogP contribution >= 0.6 is 15.6 Å². The van der Waals surface area contributed by atoms with E-state index < -0.39 is 72.3 Å². The van der Waals surface area contributed by atoms with Gasteiger partial charge < -0.3 is 34.4 Å². The predicted octanol–water partition coefficient (Wildman–Crippen LogP) is 9.75. The Hall–Kier alpha value is -2.74. The molecule has 60 heavy (non-hydrogen) atoms. The van der Waals surface area contributed by atoms with Crippen molar-refractivity contribution in [2.75, 3.05) is 26.4 Å². The first kappa shape index (κ1) is 57.3. The molecule has 0 aliphatic rings. The Kier molecular flexibility index (Phi) is 37.3. The molecule has 0 fully saturated rings. The van der Waals surface area contributed by atoms with Gasteiger partial charge in [-0.15, -0.1) is 0 Å². The van der Waals surface area contributed by atoms with Crippen molar-refractivity contribution in [1.29, 1.82) is 0 Å². The largest absolute Gasteiger partial charge is 0.472 e. The number of unbranched alkanes of at least 4 members (excludes halogenated alkanes) is 9. The molecule has 0 aliphatic carbocycles. The molecular formula is C44H74O14P2. The maximum absolute atomic E-state index is 12.6. The van der Waals surface area contributed by atoms with Gasteiger partial charge in [-0.25, -0.2) is 9.13 Å². The lowest BCUT2D eigenvalue weighted by molar-refractivity contribution is -0.161. The summed E-state index contributed by atoms with van der Waals surface area (Å²) in [7, 11) is -9.73. The number of carbonyl (C=O) groups excluding carboxylic acids is 2.